The summed E-state index contributed by atoms with van der Waals surface area (Å²) in [6.07, 6.45) is -0.165. The summed E-state index contributed by atoms with van der Waals surface area (Å²) in [5.41, 5.74) is 0.216. The number of halogens is 1. The Balaban J connectivity index is 2.79. The van der Waals surface area contributed by atoms with Crippen molar-refractivity contribution in [2.45, 2.75) is 13.3 Å². The largest absolute Gasteiger partial charge is 0.488 e. The van der Waals surface area contributed by atoms with Crippen LogP contribution in [0.4, 0.5) is 4.39 Å². The van der Waals surface area contributed by atoms with E-state index in [0.717, 1.165) is 6.07 Å². The van der Waals surface area contributed by atoms with Crippen LogP contribution in [0.5, 0.6) is 0 Å². The van der Waals surface area contributed by atoms with E-state index < -0.39 is 18.9 Å². The van der Waals surface area contributed by atoms with Gasteiger partial charge < -0.3 is 14.8 Å². The molecule has 16 heavy (non-hydrogen) atoms. The van der Waals surface area contributed by atoms with Crippen LogP contribution in [0.1, 0.15) is 12.5 Å². The molecule has 0 aliphatic rings. The zero-order chi connectivity index (χ0) is 12.1. The molecular formula is C10H12BFO4. The summed E-state index contributed by atoms with van der Waals surface area (Å²) in [5, 5.41) is 17.6. The van der Waals surface area contributed by atoms with Crippen molar-refractivity contribution in [1.82, 2.24) is 0 Å². The van der Waals surface area contributed by atoms with Crippen LogP contribution in [-0.4, -0.2) is 29.7 Å². The maximum Gasteiger partial charge on any atom is 0.488 e. The molecule has 1 aromatic rings. The zero-order valence-corrected chi connectivity index (χ0v) is 8.81. The van der Waals surface area contributed by atoms with Crippen molar-refractivity contribution in [1.29, 1.82) is 0 Å². The molecule has 0 saturated heterocycles. The number of ether oxygens (including phenoxy) is 1. The predicted molar refractivity (Wildman–Crippen MR) is 56.6 cm³/mol. The molecule has 1 rings (SSSR count). The molecule has 0 amide bonds. The van der Waals surface area contributed by atoms with Crippen molar-refractivity contribution in [3.63, 3.8) is 0 Å². The Labute approximate surface area is 92.8 Å². The SMILES string of the molecule is CCOC(=O)Cc1ccc(B(O)O)cc1F. The van der Waals surface area contributed by atoms with Gasteiger partial charge in [0, 0.05) is 0 Å². The fourth-order valence-corrected chi connectivity index (χ4v) is 1.24. The highest BCUT2D eigenvalue weighted by Gasteiger charge is 2.15. The fourth-order valence-electron chi connectivity index (χ4n) is 1.24. The summed E-state index contributed by atoms with van der Waals surface area (Å²) < 4.78 is 18.1. The minimum atomic E-state index is -1.72. The normalized spacial score (nSPS) is 10.0. The Bertz CT molecular complexity index is 381. The average molecular weight is 226 g/mol. The summed E-state index contributed by atoms with van der Waals surface area (Å²) >= 11 is 0. The Morgan fingerprint density at radius 2 is 2.19 bits per heavy atom. The number of hydrogen-bond donors (Lipinski definition) is 2. The van der Waals surface area contributed by atoms with Gasteiger partial charge in [-0.2, -0.15) is 0 Å². The van der Waals surface area contributed by atoms with Gasteiger partial charge in [-0.1, -0.05) is 12.1 Å². The van der Waals surface area contributed by atoms with E-state index in [2.05, 4.69) is 4.74 Å². The average Bonchev–Trinajstić information content (AvgIpc) is 2.21. The van der Waals surface area contributed by atoms with Gasteiger partial charge in [-0.3, -0.25) is 4.79 Å². The first kappa shape index (κ1) is 12.7. The third kappa shape index (κ3) is 3.32. The van der Waals surface area contributed by atoms with Crippen LogP contribution in [0.2, 0.25) is 0 Å². The minimum Gasteiger partial charge on any atom is -0.466 e. The number of carbonyl (C=O) groups is 1. The number of hydrogen-bond acceptors (Lipinski definition) is 4. The van der Waals surface area contributed by atoms with Crippen molar-refractivity contribution < 1.29 is 24.0 Å². The fraction of sp³-hybridized carbons (Fsp3) is 0.300. The Hall–Kier alpha value is -1.40. The van der Waals surface area contributed by atoms with Crippen molar-refractivity contribution in [3.8, 4) is 0 Å². The van der Waals surface area contributed by atoms with Crippen LogP contribution in [0, 0.1) is 5.82 Å². The van der Waals surface area contributed by atoms with Gasteiger partial charge in [-0.15, -0.1) is 0 Å². The molecule has 0 fully saturated rings. The van der Waals surface area contributed by atoms with Crippen LogP contribution in [0.25, 0.3) is 0 Å². The molecule has 0 aliphatic carbocycles. The Kier molecular flexibility index (Phi) is 4.45. The molecule has 4 nitrogen and oxygen atoms in total. The van der Waals surface area contributed by atoms with Gasteiger partial charge in [-0.25, -0.2) is 4.39 Å². The highest BCUT2D eigenvalue weighted by atomic mass is 19.1. The van der Waals surface area contributed by atoms with Crippen LogP contribution >= 0.6 is 0 Å². The Morgan fingerprint density at radius 3 is 2.69 bits per heavy atom. The lowest BCUT2D eigenvalue weighted by Gasteiger charge is -2.05. The molecule has 2 N–H and O–H groups in total. The first-order chi connectivity index (χ1) is 7.54. The summed E-state index contributed by atoms with van der Waals surface area (Å²) in [7, 11) is -1.72. The molecule has 0 heterocycles. The lowest BCUT2D eigenvalue weighted by molar-refractivity contribution is -0.142. The van der Waals surface area contributed by atoms with Gasteiger partial charge in [0.2, 0.25) is 0 Å². The van der Waals surface area contributed by atoms with Crippen LogP contribution in [-0.2, 0) is 16.0 Å². The number of esters is 1. The topological polar surface area (TPSA) is 66.8 Å². The third-order valence-corrected chi connectivity index (χ3v) is 2.02. The van der Waals surface area contributed by atoms with Gasteiger partial charge in [0.15, 0.2) is 0 Å². The lowest BCUT2D eigenvalue weighted by Crippen LogP contribution is -2.30. The molecule has 0 aromatic heterocycles. The standard InChI is InChI=1S/C10H12BFO4/c1-2-16-10(13)5-7-3-4-8(11(14)15)6-9(7)12/h3-4,6,14-15H,2,5H2,1H3. The summed E-state index contributed by atoms with van der Waals surface area (Å²) in [5.74, 6) is -1.17. The number of rotatable bonds is 4. The first-order valence-electron chi connectivity index (χ1n) is 4.84. The number of benzene rings is 1. The van der Waals surface area contributed by atoms with Crippen molar-refractivity contribution in [2.24, 2.45) is 0 Å². The Morgan fingerprint density at radius 1 is 1.50 bits per heavy atom. The minimum absolute atomic E-state index is 0.0464. The van der Waals surface area contributed by atoms with Crippen molar-refractivity contribution >= 4 is 18.6 Å². The van der Waals surface area contributed by atoms with E-state index in [0.29, 0.717) is 0 Å². The molecule has 0 spiro atoms. The molecule has 0 saturated carbocycles. The molecule has 0 bridgehead atoms. The van der Waals surface area contributed by atoms with E-state index in [1.54, 1.807) is 6.92 Å². The maximum atomic E-state index is 13.4. The second-order valence-corrected chi connectivity index (χ2v) is 3.21. The quantitative estimate of drug-likeness (QED) is 0.542. The zero-order valence-electron chi connectivity index (χ0n) is 8.81. The highest BCUT2D eigenvalue weighted by Crippen LogP contribution is 2.07. The van der Waals surface area contributed by atoms with Crippen molar-refractivity contribution in [2.75, 3.05) is 6.61 Å². The summed E-state index contributed by atoms with van der Waals surface area (Å²) in [6.45, 7) is 1.91. The van der Waals surface area contributed by atoms with E-state index in [4.69, 9.17) is 10.0 Å². The second-order valence-electron chi connectivity index (χ2n) is 3.21. The smallest absolute Gasteiger partial charge is 0.466 e. The van der Waals surface area contributed by atoms with E-state index >= 15 is 0 Å². The van der Waals surface area contributed by atoms with Crippen molar-refractivity contribution in [3.05, 3.63) is 29.6 Å². The molecule has 0 radical (unpaired) electrons. The van der Waals surface area contributed by atoms with Gasteiger partial charge in [0.25, 0.3) is 0 Å². The molecule has 0 aliphatic heterocycles. The van der Waals surface area contributed by atoms with E-state index in [-0.39, 0.29) is 24.1 Å². The maximum absolute atomic E-state index is 13.4. The summed E-state index contributed by atoms with van der Waals surface area (Å²) in [6, 6.07) is 3.67. The van der Waals surface area contributed by atoms with Crippen LogP contribution < -0.4 is 5.46 Å². The van der Waals surface area contributed by atoms with Gasteiger partial charge in [0.05, 0.1) is 13.0 Å². The van der Waals surface area contributed by atoms with E-state index in [9.17, 15) is 9.18 Å². The van der Waals surface area contributed by atoms with Gasteiger partial charge in [-0.05, 0) is 24.0 Å². The monoisotopic (exact) mass is 226 g/mol. The molecule has 0 atom stereocenters. The highest BCUT2D eigenvalue weighted by molar-refractivity contribution is 6.58. The predicted octanol–water partition coefficient (Wildman–Crippen LogP) is -0.389. The van der Waals surface area contributed by atoms with Gasteiger partial charge in [0.1, 0.15) is 5.82 Å². The van der Waals surface area contributed by atoms with Crippen LogP contribution in [0.15, 0.2) is 18.2 Å². The molecule has 6 heteroatoms. The second kappa shape index (κ2) is 5.62. The molecule has 0 unspecified atom stereocenters. The molecule has 86 valence electrons. The van der Waals surface area contributed by atoms with E-state index in [1.807, 2.05) is 0 Å². The number of carbonyl (C=O) groups excluding carboxylic acids is 1. The van der Waals surface area contributed by atoms with Gasteiger partial charge >= 0.3 is 13.1 Å². The third-order valence-electron chi connectivity index (χ3n) is 2.02. The van der Waals surface area contributed by atoms with E-state index in [1.165, 1.54) is 12.1 Å². The lowest BCUT2D eigenvalue weighted by atomic mass is 9.80. The molecular weight excluding hydrogens is 214 g/mol. The molecule has 1 aromatic carbocycles. The first-order valence-corrected chi connectivity index (χ1v) is 4.84. The van der Waals surface area contributed by atoms with Crippen LogP contribution in [0.3, 0.4) is 0 Å². The summed E-state index contributed by atoms with van der Waals surface area (Å²) in [4.78, 5) is 11.1.